The Hall–Kier alpha value is -1.93. The number of carbonyl (C=O) groups is 1. The zero-order chi connectivity index (χ0) is 22.7. The van der Waals surface area contributed by atoms with Gasteiger partial charge in [-0.25, -0.2) is 4.79 Å². The smallest absolute Gasteiger partial charge is 0.341 e. The Morgan fingerprint density at radius 2 is 1.91 bits per heavy atom. The Bertz CT molecular complexity index is 1070. The average Bonchev–Trinajstić information content (AvgIpc) is 3.36. The van der Waals surface area contributed by atoms with E-state index in [4.69, 9.17) is 22.1 Å². The highest BCUT2D eigenvalue weighted by atomic mass is 32.1. The van der Waals surface area contributed by atoms with E-state index >= 15 is 0 Å². The lowest BCUT2D eigenvalue weighted by atomic mass is 9.53. The monoisotopic (exact) mass is 484 g/mol. The lowest BCUT2D eigenvalue weighted by Gasteiger charge is -2.56. The molecule has 4 fully saturated rings. The molecule has 2 aromatic rings. The van der Waals surface area contributed by atoms with Gasteiger partial charge in [-0.15, -0.1) is 11.3 Å². The number of ether oxygens (including phenoxy) is 1. The molecule has 5 aliphatic carbocycles. The first-order valence-corrected chi connectivity index (χ1v) is 13.5. The molecule has 176 valence electrons. The summed E-state index contributed by atoms with van der Waals surface area (Å²) in [6, 6.07) is 2.02. The number of nitrogens with one attached hydrogen (secondary N) is 2. The number of thiophene rings is 1. The fourth-order valence-electron chi connectivity index (χ4n) is 7.41. The SMILES string of the molecule is COC(=O)c1c(NC(=S)Nc2ccn(C34CC5CC(CC(C5)C3)C4)n2)sc2c1CC[C@H](C)C2. The predicted molar refractivity (Wildman–Crippen MR) is 135 cm³/mol. The third-order valence-corrected chi connectivity index (χ3v) is 9.82. The summed E-state index contributed by atoms with van der Waals surface area (Å²) in [5.41, 5.74) is 1.97. The Kier molecular flexibility index (Phi) is 5.29. The lowest BCUT2D eigenvalue weighted by molar-refractivity contribution is -0.0492. The van der Waals surface area contributed by atoms with E-state index < -0.39 is 0 Å². The van der Waals surface area contributed by atoms with Crippen molar-refractivity contribution in [2.75, 3.05) is 17.7 Å². The molecule has 6 nitrogen and oxygen atoms in total. The first kappa shape index (κ1) is 21.6. The normalized spacial score (nSPS) is 31.8. The van der Waals surface area contributed by atoms with Gasteiger partial charge in [0.2, 0.25) is 0 Å². The number of rotatable bonds is 4. The third-order valence-electron chi connectivity index (χ3n) is 8.45. The van der Waals surface area contributed by atoms with E-state index in [1.807, 2.05) is 6.07 Å². The fourth-order valence-corrected chi connectivity index (χ4v) is 9.08. The molecule has 4 saturated carbocycles. The molecule has 1 atom stereocenters. The van der Waals surface area contributed by atoms with Crippen LogP contribution in [0.2, 0.25) is 0 Å². The predicted octanol–water partition coefficient (Wildman–Crippen LogP) is 5.59. The fraction of sp³-hybridized carbons (Fsp3) is 0.640. The summed E-state index contributed by atoms with van der Waals surface area (Å²) in [5.74, 6) is 3.74. The number of nitrogens with zero attached hydrogens (tertiary/aromatic N) is 2. The number of hydrogen-bond acceptors (Lipinski definition) is 5. The summed E-state index contributed by atoms with van der Waals surface area (Å²) < 4.78 is 7.33. The number of esters is 1. The maximum Gasteiger partial charge on any atom is 0.341 e. The van der Waals surface area contributed by atoms with Crippen molar-refractivity contribution < 1.29 is 9.53 Å². The zero-order valence-electron chi connectivity index (χ0n) is 19.4. The van der Waals surface area contributed by atoms with E-state index in [0.717, 1.165) is 53.4 Å². The number of methoxy groups -OCH3 is 1. The van der Waals surface area contributed by atoms with Crippen molar-refractivity contribution in [2.24, 2.45) is 23.7 Å². The zero-order valence-corrected chi connectivity index (χ0v) is 21.0. The van der Waals surface area contributed by atoms with E-state index in [0.29, 0.717) is 16.6 Å². The number of fused-ring (bicyclic) bond motifs is 1. The summed E-state index contributed by atoms with van der Waals surface area (Å²) in [6.45, 7) is 2.26. The highest BCUT2D eigenvalue weighted by molar-refractivity contribution is 7.80. The van der Waals surface area contributed by atoms with Crippen LogP contribution < -0.4 is 10.6 Å². The maximum atomic E-state index is 12.6. The van der Waals surface area contributed by atoms with E-state index in [2.05, 4.69) is 28.4 Å². The van der Waals surface area contributed by atoms with Crippen molar-refractivity contribution in [1.29, 1.82) is 0 Å². The number of thiocarbonyl (C=S) groups is 1. The van der Waals surface area contributed by atoms with Crippen LogP contribution in [0.1, 0.15) is 72.7 Å². The van der Waals surface area contributed by atoms with Gasteiger partial charge in [0.05, 0.1) is 18.2 Å². The van der Waals surface area contributed by atoms with E-state index in [1.54, 1.807) is 11.3 Å². The molecule has 8 heteroatoms. The molecule has 0 saturated heterocycles. The van der Waals surface area contributed by atoms with Gasteiger partial charge in [0, 0.05) is 17.1 Å². The summed E-state index contributed by atoms with van der Waals surface area (Å²) in [6.07, 6.45) is 13.2. The molecule has 2 heterocycles. The van der Waals surface area contributed by atoms with E-state index in [1.165, 1.54) is 50.5 Å². The molecule has 5 aliphatic rings. The molecule has 0 aromatic carbocycles. The molecule has 0 radical (unpaired) electrons. The summed E-state index contributed by atoms with van der Waals surface area (Å²) in [7, 11) is 1.44. The number of hydrogen-bond donors (Lipinski definition) is 2. The molecule has 0 amide bonds. The molecule has 2 aromatic heterocycles. The number of aromatic nitrogens is 2. The Labute approximate surface area is 204 Å². The van der Waals surface area contributed by atoms with Gasteiger partial charge in [0.15, 0.2) is 10.9 Å². The maximum absolute atomic E-state index is 12.6. The standard InChI is InChI=1S/C25H32N4O2S2/c1-14-3-4-18-19(7-14)33-22(21(18)23(30)31-2)27-24(32)26-20-5-6-29(28-20)25-11-15-8-16(12-25)10-17(9-15)13-25/h5-6,14-17H,3-4,7-13H2,1-2H3,(H2,26,27,28,32)/t14-,15?,16?,17?,25?/m0/s1. The third kappa shape index (κ3) is 3.79. The highest BCUT2D eigenvalue weighted by Crippen LogP contribution is 2.58. The Morgan fingerprint density at radius 1 is 1.21 bits per heavy atom. The lowest BCUT2D eigenvalue weighted by Crippen LogP contribution is -2.52. The van der Waals surface area contributed by atoms with Crippen molar-refractivity contribution in [3.8, 4) is 0 Å². The van der Waals surface area contributed by atoms with Gasteiger partial charge in [-0.2, -0.15) is 5.10 Å². The minimum atomic E-state index is -0.293. The molecule has 2 N–H and O–H groups in total. The van der Waals surface area contributed by atoms with Crippen LogP contribution in [0.25, 0.3) is 0 Å². The van der Waals surface area contributed by atoms with Crippen LogP contribution in [0.15, 0.2) is 12.3 Å². The van der Waals surface area contributed by atoms with Crippen LogP contribution in [0.5, 0.6) is 0 Å². The Balaban J connectivity index is 1.19. The van der Waals surface area contributed by atoms with Gasteiger partial charge in [0.1, 0.15) is 5.00 Å². The van der Waals surface area contributed by atoms with Crippen LogP contribution in [0.4, 0.5) is 10.8 Å². The van der Waals surface area contributed by atoms with Crippen molar-refractivity contribution in [1.82, 2.24) is 9.78 Å². The van der Waals surface area contributed by atoms with Gasteiger partial charge in [-0.3, -0.25) is 4.68 Å². The second-order valence-corrected chi connectivity index (χ2v) is 12.4. The largest absolute Gasteiger partial charge is 0.465 e. The number of carbonyl (C=O) groups excluding carboxylic acids is 1. The first-order chi connectivity index (χ1) is 15.9. The summed E-state index contributed by atoms with van der Waals surface area (Å²) in [4.78, 5) is 13.8. The first-order valence-electron chi connectivity index (χ1n) is 12.3. The Morgan fingerprint density at radius 3 is 2.58 bits per heavy atom. The summed E-state index contributed by atoms with van der Waals surface area (Å²) in [5, 5.41) is 12.7. The second-order valence-electron chi connectivity index (χ2n) is 10.9. The second kappa shape index (κ2) is 8.08. The van der Waals surface area contributed by atoms with Crippen LogP contribution >= 0.6 is 23.6 Å². The van der Waals surface area contributed by atoms with Crippen molar-refractivity contribution in [2.45, 2.75) is 70.3 Å². The van der Waals surface area contributed by atoms with E-state index in [-0.39, 0.29) is 11.5 Å². The van der Waals surface area contributed by atoms with Gasteiger partial charge < -0.3 is 15.4 Å². The molecule has 0 unspecified atom stereocenters. The van der Waals surface area contributed by atoms with Gasteiger partial charge in [-0.1, -0.05) is 6.92 Å². The average molecular weight is 485 g/mol. The van der Waals surface area contributed by atoms with E-state index in [9.17, 15) is 4.79 Å². The minimum absolute atomic E-state index is 0.200. The van der Waals surface area contributed by atoms with Crippen LogP contribution in [-0.4, -0.2) is 28.0 Å². The molecule has 0 spiro atoms. The van der Waals surface area contributed by atoms with Crippen molar-refractivity contribution >= 4 is 45.5 Å². The van der Waals surface area contributed by atoms with Crippen LogP contribution in [0.3, 0.4) is 0 Å². The quantitative estimate of drug-likeness (QED) is 0.436. The van der Waals surface area contributed by atoms with Crippen LogP contribution in [-0.2, 0) is 23.1 Å². The van der Waals surface area contributed by atoms with Crippen LogP contribution in [0, 0.1) is 23.7 Å². The molecule has 7 rings (SSSR count). The highest BCUT2D eigenvalue weighted by Gasteiger charge is 2.52. The molecule has 4 bridgehead atoms. The molecular formula is C25H32N4O2S2. The van der Waals surface area contributed by atoms with Crippen molar-refractivity contribution in [3.63, 3.8) is 0 Å². The molecule has 33 heavy (non-hydrogen) atoms. The molecular weight excluding hydrogens is 452 g/mol. The van der Waals surface area contributed by atoms with Gasteiger partial charge in [0.25, 0.3) is 0 Å². The molecule has 0 aliphatic heterocycles. The van der Waals surface area contributed by atoms with Gasteiger partial charge in [-0.05, 0) is 99.2 Å². The van der Waals surface area contributed by atoms with Gasteiger partial charge >= 0.3 is 5.97 Å². The minimum Gasteiger partial charge on any atom is -0.465 e. The number of anilines is 2. The summed E-state index contributed by atoms with van der Waals surface area (Å²) >= 11 is 7.25. The van der Waals surface area contributed by atoms with Crippen molar-refractivity contribution in [3.05, 3.63) is 28.3 Å². The topological polar surface area (TPSA) is 68.2 Å².